The lowest BCUT2D eigenvalue weighted by atomic mass is 10.1. The smallest absolute Gasteiger partial charge is 0.339 e. The van der Waals surface area contributed by atoms with Crippen molar-refractivity contribution in [2.75, 3.05) is 30.7 Å². The van der Waals surface area contributed by atoms with Crippen molar-refractivity contribution in [3.8, 4) is 5.75 Å². The van der Waals surface area contributed by atoms with E-state index in [2.05, 4.69) is 16.0 Å². The van der Waals surface area contributed by atoms with Crippen LogP contribution in [0.2, 0.25) is 0 Å². The van der Waals surface area contributed by atoms with Gasteiger partial charge in [0.05, 0.1) is 0 Å². The number of carboxylic acid groups (broad SMARTS) is 1. The minimum atomic E-state index is -1.26. The maximum Gasteiger partial charge on any atom is 0.339 e. The zero-order chi connectivity index (χ0) is 21.8. The largest absolute Gasteiger partial charge is 0.507 e. The molecule has 1 unspecified atom stereocenters. The standard InChI is InChI=1S/C20H29N3O5S2/c24-17-6-5-14(13-16(17)20(27)28)23-19(26)7-9-21-10-11-22-18(25)4-2-1-3-15-8-12-29-30-15/h5-6,13,15,21,24H,1-4,7-12H2,(H,22,25)(H,23,26)(H,27,28). The van der Waals surface area contributed by atoms with Crippen LogP contribution in [0.5, 0.6) is 5.75 Å². The molecule has 1 aliphatic heterocycles. The van der Waals surface area contributed by atoms with Gasteiger partial charge in [0.2, 0.25) is 11.8 Å². The van der Waals surface area contributed by atoms with Gasteiger partial charge in [0, 0.05) is 49.2 Å². The molecule has 5 N–H and O–H groups in total. The van der Waals surface area contributed by atoms with Crippen LogP contribution < -0.4 is 16.0 Å². The maximum atomic E-state index is 11.9. The van der Waals surface area contributed by atoms with Crippen LogP contribution in [-0.4, -0.2) is 58.6 Å². The molecule has 0 saturated carbocycles. The summed E-state index contributed by atoms with van der Waals surface area (Å²) in [4.78, 5) is 34.7. The number of unbranched alkanes of at least 4 members (excludes halogenated alkanes) is 1. The van der Waals surface area contributed by atoms with E-state index in [4.69, 9.17) is 5.11 Å². The van der Waals surface area contributed by atoms with E-state index in [0.717, 1.165) is 18.1 Å². The molecule has 166 valence electrons. The summed E-state index contributed by atoms with van der Waals surface area (Å²) in [5.74, 6) is -0.584. The fourth-order valence-corrected chi connectivity index (χ4v) is 5.96. The number of rotatable bonds is 13. The van der Waals surface area contributed by atoms with E-state index in [1.165, 1.54) is 36.8 Å². The third-order valence-electron chi connectivity index (χ3n) is 4.57. The van der Waals surface area contributed by atoms with E-state index in [-0.39, 0.29) is 29.5 Å². The number of benzene rings is 1. The van der Waals surface area contributed by atoms with Crippen LogP contribution in [-0.2, 0) is 9.59 Å². The van der Waals surface area contributed by atoms with Crippen molar-refractivity contribution in [1.29, 1.82) is 0 Å². The average molecular weight is 456 g/mol. The van der Waals surface area contributed by atoms with Gasteiger partial charge in [-0.3, -0.25) is 9.59 Å². The summed E-state index contributed by atoms with van der Waals surface area (Å²) in [5, 5.41) is 27.8. The van der Waals surface area contributed by atoms with Gasteiger partial charge in [-0.05, 0) is 37.5 Å². The van der Waals surface area contributed by atoms with Crippen LogP contribution in [0.3, 0.4) is 0 Å². The van der Waals surface area contributed by atoms with Gasteiger partial charge in [-0.15, -0.1) is 0 Å². The molecule has 1 fully saturated rings. The molecule has 1 aromatic carbocycles. The SMILES string of the molecule is O=C(CCCCC1CCSS1)NCCNCCC(=O)Nc1ccc(O)c(C(=O)O)c1. The Labute approximate surface area is 184 Å². The van der Waals surface area contributed by atoms with Gasteiger partial charge in [0.15, 0.2) is 0 Å². The first-order valence-corrected chi connectivity index (χ1v) is 12.5. The van der Waals surface area contributed by atoms with Crippen molar-refractivity contribution in [2.24, 2.45) is 0 Å². The summed E-state index contributed by atoms with van der Waals surface area (Å²) in [5.41, 5.74) is 0.0471. The van der Waals surface area contributed by atoms with E-state index < -0.39 is 5.97 Å². The molecule has 2 rings (SSSR count). The molecule has 10 heteroatoms. The van der Waals surface area contributed by atoms with Crippen LogP contribution in [0.15, 0.2) is 18.2 Å². The summed E-state index contributed by atoms with van der Waals surface area (Å²) >= 11 is 0. The third kappa shape index (κ3) is 9.27. The molecule has 0 bridgehead atoms. The molecule has 8 nitrogen and oxygen atoms in total. The summed E-state index contributed by atoms with van der Waals surface area (Å²) < 4.78 is 0. The minimum absolute atomic E-state index is 0.0598. The number of phenols is 1. The highest BCUT2D eigenvalue weighted by atomic mass is 33.1. The summed E-state index contributed by atoms with van der Waals surface area (Å²) in [6.45, 7) is 1.51. The molecular formula is C20H29N3O5S2. The Morgan fingerprint density at radius 2 is 1.90 bits per heavy atom. The number of carbonyl (C=O) groups is 3. The van der Waals surface area contributed by atoms with Gasteiger partial charge < -0.3 is 26.2 Å². The van der Waals surface area contributed by atoms with E-state index in [1.54, 1.807) is 0 Å². The predicted molar refractivity (Wildman–Crippen MR) is 121 cm³/mol. The van der Waals surface area contributed by atoms with Gasteiger partial charge >= 0.3 is 5.97 Å². The Morgan fingerprint density at radius 3 is 2.63 bits per heavy atom. The lowest BCUT2D eigenvalue weighted by Crippen LogP contribution is -2.33. The first-order valence-electron chi connectivity index (χ1n) is 10.1. The lowest BCUT2D eigenvalue weighted by molar-refractivity contribution is -0.121. The van der Waals surface area contributed by atoms with E-state index in [0.29, 0.717) is 31.7 Å². The van der Waals surface area contributed by atoms with Gasteiger partial charge in [0.25, 0.3) is 0 Å². The number of aromatic hydroxyl groups is 1. The number of nitrogens with one attached hydrogen (secondary N) is 3. The Hall–Kier alpha value is -1.91. The Morgan fingerprint density at radius 1 is 1.07 bits per heavy atom. The highest BCUT2D eigenvalue weighted by molar-refractivity contribution is 8.77. The molecule has 1 atom stereocenters. The molecule has 1 aliphatic rings. The van der Waals surface area contributed by atoms with Crippen LogP contribution in [0.4, 0.5) is 5.69 Å². The molecule has 0 radical (unpaired) electrons. The molecule has 1 aromatic rings. The molecular weight excluding hydrogens is 426 g/mol. The number of carboxylic acids is 1. The Balaban J connectivity index is 1.48. The number of amides is 2. The first-order chi connectivity index (χ1) is 14.5. The normalized spacial score (nSPS) is 15.7. The zero-order valence-corrected chi connectivity index (χ0v) is 18.4. The Bertz CT molecular complexity index is 726. The fraction of sp³-hybridized carbons (Fsp3) is 0.550. The van der Waals surface area contributed by atoms with Gasteiger partial charge in [0.1, 0.15) is 11.3 Å². The quantitative estimate of drug-likeness (QED) is 0.175. The van der Waals surface area contributed by atoms with Crippen molar-refractivity contribution in [2.45, 2.75) is 43.8 Å². The van der Waals surface area contributed by atoms with Crippen molar-refractivity contribution in [3.63, 3.8) is 0 Å². The topological polar surface area (TPSA) is 128 Å². The Kier molecular flexibility index (Phi) is 10.9. The highest BCUT2D eigenvalue weighted by Crippen LogP contribution is 2.39. The first kappa shape index (κ1) is 24.4. The second kappa shape index (κ2) is 13.4. The lowest BCUT2D eigenvalue weighted by Gasteiger charge is -2.09. The van der Waals surface area contributed by atoms with E-state index >= 15 is 0 Å². The van der Waals surface area contributed by atoms with Crippen LogP contribution in [0, 0.1) is 0 Å². The molecule has 1 saturated heterocycles. The monoisotopic (exact) mass is 455 g/mol. The van der Waals surface area contributed by atoms with Crippen molar-refractivity contribution < 1.29 is 24.6 Å². The number of carbonyl (C=O) groups excluding carboxylic acids is 2. The number of hydrogen-bond acceptors (Lipinski definition) is 7. The number of hydrogen-bond donors (Lipinski definition) is 5. The molecule has 30 heavy (non-hydrogen) atoms. The molecule has 0 aromatic heterocycles. The van der Waals surface area contributed by atoms with Crippen molar-refractivity contribution in [3.05, 3.63) is 23.8 Å². The number of aromatic carboxylic acids is 1. The second-order valence-electron chi connectivity index (χ2n) is 7.01. The summed E-state index contributed by atoms with van der Waals surface area (Å²) in [7, 11) is 3.92. The molecule has 0 aliphatic carbocycles. The van der Waals surface area contributed by atoms with Crippen molar-refractivity contribution in [1.82, 2.24) is 10.6 Å². The minimum Gasteiger partial charge on any atom is -0.507 e. The zero-order valence-electron chi connectivity index (χ0n) is 16.8. The molecule has 2 amide bonds. The van der Waals surface area contributed by atoms with Gasteiger partial charge in [-0.2, -0.15) is 0 Å². The van der Waals surface area contributed by atoms with Crippen LogP contribution in [0.25, 0.3) is 0 Å². The second-order valence-corrected chi connectivity index (χ2v) is 9.80. The van der Waals surface area contributed by atoms with Gasteiger partial charge in [-0.25, -0.2) is 4.79 Å². The molecule has 0 spiro atoms. The third-order valence-corrected chi connectivity index (χ3v) is 7.58. The summed E-state index contributed by atoms with van der Waals surface area (Å²) in [6.07, 6.45) is 5.24. The van der Waals surface area contributed by atoms with Crippen molar-refractivity contribution >= 4 is 45.1 Å². The fourth-order valence-electron chi connectivity index (χ4n) is 2.94. The molecule has 1 heterocycles. The highest BCUT2D eigenvalue weighted by Gasteiger charge is 2.16. The van der Waals surface area contributed by atoms with E-state index in [9.17, 15) is 19.5 Å². The van der Waals surface area contributed by atoms with E-state index in [1.807, 2.05) is 21.6 Å². The predicted octanol–water partition coefficient (Wildman–Crippen LogP) is 2.84. The van der Waals surface area contributed by atoms with Crippen LogP contribution in [0.1, 0.15) is 48.9 Å². The average Bonchev–Trinajstić information content (AvgIpc) is 3.22. The number of anilines is 1. The van der Waals surface area contributed by atoms with Gasteiger partial charge in [-0.1, -0.05) is 28.0 Å². The summed E-state index contributed by atoms with van der Waals surface area (Å²) in [6, 6.07) is 3.88. The maximum absolute atomic E-state index is 11.9. The van der Waals surface area contributed by atoms with Crippen LogP contribution >= 0.6 is 21.6 Å².